The number of pyridine rings is 2. The molecule has 0 saturated carbocycles. The van der Waals surface area contributed by atoms with Crippen LogP contribution in [0.25, 0.3) is 11.1 Å². The number of nitrogen functional groups attached to an aromatic ring is 1. The lowest BCUT2D eigenvalue weighted by molar-refractivity contribution is -0.207. The van der Waals surface area contributed by atoms with Crippen LogP contribution in [0.3, 0.4) is 0 Å². The van der Waals surface area contributed by atoms with Crippen LogP contribution in [0.1, 0.15) is 44.8 Å². The molecule has 0 spiro atoms. The molecule has 0 aliphatic carbocycles. The topological polar surface area (TPSA) is 186 Å². The van der Waals surface area contributed by atoms with Gasteiger partial charge in [-0.25, -0.2) is 26.9 Å². The van der Waals surface area contributed by atoms with Crippen LogP contribution in [0, 0.1) is 23.3 Å². The van der Waals surface area contributed by atoms with Gasteiger partial charge in [-0.05, 0) is 121 Å². The van der Waals surface area contributed by atoms with E-state index in [0.717, 1.165) is 113 Å². The van der Waals surface area contributed by atoms with E-state index in [0.29, 0.717) is 22.2 Å². The summed E-state index contributed by atoms with van der Waals surface area (Å²) in [6.45, 7) is 1.55. The third kappa shape index (κ3) is 11.8. The minimum Gasteiger partial charge on any atom is -0.399 e. The molecule has 1 saturated heterocycles. The van der Waals surface area contributed by atoms with Crippen molar-refractivity contribution in [1.82, 2.24) is 50.4 Å². The van der Waals surface area contributed by atoms with Gasteiger partial charge < -0.3 is 25.7 Å². The van der Waals surface area contributed by atoms with Crippen molar-refractivity contribution in [3.05, 3.63) is 184 Å². The van der Waals surface area contributed by atoms with E-state index in [2.05, 4.69) is 66.7 Å². The van der Waals surface area contributed by atoms with Gasteiger partial charge in [-0.2, -0.15) is 17.6 Å². The van der Waals surface area contributed by atoms with Crippen LogP contribution < -0.4 is 15.5 Å². The molecule has 24 heteroatoms. The number of hydrogen-bond donors (Lipinski definition) is 3. The number of hydrogen-bond acceptors (Lipinski definition) is 13. The van der Waals surface area contributed by atoms with Crippen LogP contribution in [0.4, 0.5) is 52.2 Å². The van der Waals surface area contributed by atoms with E-state index in [1.165, 1.54) is 18.3 Å². The van der Waals surface area contributed by atoms with Gasteiger partial charge in [0.2, 0.25) is 0 Å². The summed E-state index contributed by atoms with van der Waals surface area (Å²) in [5.74, 6) is -12.8. The van der Waals surface area contributed by atoms with E-state index < -0.39 is 81.9 Å². The second-order valence-electron chi connectivity index (χ2n) is 16.0. The standard InChI is InChI=1S/C31H28F4N8O.C15H10BrF4N5O.3CH4/c32-23-4-11-27(28(33)17-23)30(44,19-43-20-38-39-40-43)31(34,35)29-12-3-22(18-37-29)21-1-7-25(8-2-21)41-13-15-42(16-14-41)26-9-5-24(36)6-10-26;16-9-1-4-13(21-6-9)15(19,20)14(26,7-25-8-22-23-24-25)11-3-2-10(17)5-12(11)18;;;/h1-12,17-18,20,44H,13-16,19,36H2;1-6,8,26H,7H2;3*1H4/t30-;14-;;;/m00.../s1. The van der Waals surface area contributed by atoms with Crippen molar-refractivity contribution in [2.45, 2.75) is 58.4 Å². The Hall–Kier alpha value is -7.44. The smallest absolute Gasteiger partial charge is 0.323 e. The maximum atomic E-state index is 16.0. The summed E-state index contributed by atoms with van der Waals surface area (Å²) < 4.78 is 120. The summed E-state index contributed by atoms with van der Waals surface area (Å²) in [6, 6.07) is 24.3. The molecule has 0 bridgehead atoms. The van der Waals surface area contributed by atoms with Crippen LogP contribution in [-0.2, 0) is 36.1 Å². The highest BCUT2D eigenvalue weighted by Gasteiger charge is 2.59. The molecule has 5 heterocycles. The molecule has 0 radical (unpaired) electrons. The van der Waals surface area contributed by atoms with Gasteiger partial charge >= 0.3 is 11.8 Å². The molecule has 386 valence electrons. The Balaban J connectivity index is 0.000000293. The molecule has 4 aromatic heterocycles. The van der Waals surface area contributed by atoms with E-state index in [9.17, 15) is 27.8 Å². The Morgan fingerprint density at radius 1 is 0.534 bits per heavy atom. The number of benzene rings is 4. The molecule has 0 unspecified atom stereocenters. The number of nitrogens with two attached hydrogens (primary N) is 1. The summed E-state index contributed by atoms with van der Waals surface area (Å²) in [4.78, 5) is 12.1. The number of nitrogens with zero attached hydrogens (tertiary/aromatic N) is 12. The van der Waals surface area contributed by atoms with Crippen molar-refractivity contribution in [2.75, 3.05) is 41.7 Å². The van der Waals surface area contributed by atoms with E-state index in [1.807, 2.05) is 48.5 Å². The lowest BCUT2D eigenvalue weighted by atomic mass is 9.84. The van der Waals surface area contributed by atoms with Crippen molar-refractivity contribution in [1.29, 1.82) is 0 Å². The predicted octanol–water partition coefficient (Wildman–Crippen LogP) is 9.30. The fraction of sp³-hybridized carbons (Fsp3) is 0.265. The fourth-order valence-corrected chi connectivity index (χ4v) is 8.07. The molecular weight excluding hydrogens is 1030 g/mol. The second kappa shape index (κ2) is 23.0. The zero-order valence-corrected chi connectivity index (χ0v) is 37.8. The zero-order valence-electron chi connectivity index (χ0n) is 36.2. The molecule has 15 nitrogen and oxygen atoms in total. The van der Waals surface area contributed by atoms with Crippen molar-refractivity contribution in [2.24, 2.45) is 0 Å². The van der Waals surface area contributed by atoms with Crippen molar-refractivity contribution in [3.63, 3.8) is 0 Å². The number of halogens is 9. The highest BCUT2D eigenvalue weighted by atomic mass is 79.9. The normalized spacial score (nSPS) is 14.3. The number of aliphatic hydroxyl groups is 2. The molecule has 9 rings (SSSR count). The predicted molar refractivity (Wildman–Crippen MR) is 261 cm³/mol. The Labute approximate surface area is 423 Å². The van der Waals surface area contributed by atoms with Gasteiger partial charge in [-0.3, -0.25) is 9.97 Å². The SMILES string of the molecule is C.C.C.Nc1ccc(N2CCN(c3ccc(-c4ccc(C(F)(F)[C@](O)(Cn5cnnn5)c5ccc(F)cc5F)nc4)cc3)CC2)cc1.O[C@@](Cn1cnnn1)(c1ccc(F)cc1F)C(F)(F)c1ccc(Br)cn1. The minimum absolute atomic E-state index is 0. The lowest BCUT2D eigenvalue weighted by Crippen LogP contribution is -2.48. The summed E-state index contributed by atoms with van der Waals surface area (Å²) in [7, 11) is 0. The van der Waals surface area contributed by atoms with Crippen LogP contribution in [0.15, 0.2) is 139 Å². The molecule has 73 heavy (non-hydrogen) atoms. The maximum absolute atomic E-state index is 16.0. The van der Waals surface area contributed by atoms with Crippen LogP contribution in [0.5, 0.6) is 0 Å². The van der Waals surface area contributed by atoms with Gasteiger partial charge in [0.25, 0.3) is 0 Å². The van der Waals surface area contributed by atoms with Gasteiger partial charge in [-0.1, -0.05) is 40.5 Å². The molecule has 4 N–H and O–H groups in total. The second-order valence-corrected chi connectivity index (χ2v) is 17.0. The first-order chi connectivity index (χ1) is 33.4. The number of tetrazole rings is 2. The first-order valence-electron chi connectivity index (χ1n) is 21.0. The lowest BCUT2D eigenvalue weighted by Gasteiger charge is -2.37. The Kier molecular flexibility index (Phi) is 17.8. The van der Waals surface area contributed by atoms with E-state index >= 15 is 17.6 Å². The van der Waals surface area contributed by atoms with Gasteiger partial charge in [0.05, 0.1) is 13.1 Å². The van der Waals surface area contributed by atoms with Gasteiger partial charge in [0, 0.05) is 88.9 Å². The van der Waals surface area contributed by atoms with E-state index in [-0.39, 0.29) is 22.3 Å². The third-order valence-electron chi connectivity index (χ3n) is 11.6. The number of aromatic nitrogens is 10. The minimum atomic E-state index is -4.13. The van der Waals surface area contributed by atoms with Gasteiger partial charge in [0.1, 0.15) is 47.3 Å². The van der Waals surface area contributed by atoms with Crippen LogP contribution in [0.2, 0.25) is 0 Å². The van der Waals surface area contributed by atoms with Crippen molar-refractivity contribution in [3.8, 4) is 11.1 Å². The average Bonchev–Trinajstić information content (AvgIpc) is 4.07. The van der Waals surface area contributed by atoms with Crippen molar-refractivity contribution < 1.29 is 45.3 Å². The van der Waals surface area contributed by atoms with E-state index in [1.54, 1.807) is 0 Å². The molecule has 8 aromatic rings. The average molecular weight is 1080 g/mol. The van der Waals surface area contributed by atoms with Gasteiger partial charge in [0.15, 0.2) is 11.2 Å². The highest BCUT2D eigenvalue weighted by Crippen LogP contribution is 2.48. The summed E-state index contributed by atoms with van der Waals surface area (Å²) in [5.41, 5.74) is 0.435. The molecule has 1 aliphatic rings. The summed E-state index contributed by atoms with van der Waals surface area (Å²) in [5, 5.41) is 42.6. The van der Waals surface area contributed by atoms with Crippen LogP contribution >= 0.6 is 15.9 Å². The molecular formula is C49H50BrF8N13O2. The fourth-order valence-electron chi connectivity index (χ4n) is 7.84. The monoisotopic (exact) mass is 1080 g/mol. The quantitative estimate of drug-likeness (QED) is 0.0734. The maximum Gasteiger partial charge on any atom is 0.323 e. The third-order valence-corrected chi connectivity index (χ3v) is 12.1. The number of rotatable bonds is 13. The summed E-state index contributed by atoms with van der Waals surface area (Å²) in [6.07, 6.45) is 4.36. The number of anilines is 3. The molecule has 4 aromatic carbocycles. The molecule has 1 aliphatic heterocycles. The first-order valence-corrected chi connectivity index (χ1v) is 21.7. The number of alkyl halides is 4. The van der Waals surface area contributed by atoms with E-state index in [4.69, 9.17) is 5.73 Å². The number of piperazine rings is 1. The Morgan fingerprint density at radius 2 is 0.945 bits per heavy atom. The Morgan fingerprint density at radius 3 is 1.32 bits per heavy atom. The Bertz CT molecular complexity index is 3010. The molecule has 1 fully saturated rings. The highest BCUT2D eigenvalue weighted by molar-refractivity contribution is 9.10. The van der Waals surface area contributed by atoms with Crippen molar-refractivity contribution >= 4 is 33.0 Å². The molecule has 2 atom stereocenters. The zero-order chi connectivity index (χ0) is 49.8. The largest absolute Gasteiger partial charge is 0.399 e. The first kappa shape index (κ1) is 56.5. The molecule has 0 amide bonds. The summed E-state index contributed by atoms with van der Waals surface area (Å²) >= 11 is 3.07. The van der Waals surface area contributed by atoms with Gasteiger partial charge in [-0.15, -0.1) is 10.2 Å². The van der Waals surface area contributed by atoms with Crippen LogP contribution in [-0.4, -0.2) is 86.8 Å².